The van der Waals surface area contributed by atoms with Gasteiger partial charge < -0.3 is 19.4 Å². The van der Waals surface area contributed by atoms with Crippen LogP contribution in [0.1, 0.15) is 65.4 Å². The molecule has 1 fully saturated rings. The van der Waals surface area contributed by atoms with Gasteiger partial charge in [-0.05, 0) is 67.1 Å². The molecular formula is C29H34N2O4. The Hall–Kier alpha value is -3.54. The van der Waals surface area contributed by atoms with Crippen molar-refractivity contribution >= 4 is 11.8 Å². The van der Waals surface area contributed by atoms with Gasteiger partial charge in [0.1, 0.15) is 11.8 Å². The molecule has 0 radical (unpaired) electrons. The summed E-state index contributed by atoms with van der Waals surface area (Å²) in [7, 11) is 1.60. The van der Waals surface area contributed by atoms with Gasteiger partial charge in [0.2, 0.25) is 5.91 Å². The van der Waals surface area contributed by atoms with Gasteiger partial charge in [0.15, 0.2) is 5.76 Å². The first-order valence-electron chi connectivity index (χ1n) is 12.4. The van der Waals surface area contributed by atoms with E-state index in [9.17, 15) is 9.59 Å². The lowest BCUT2D eigenvalue weighted by Gasteiger charge is -2.33. The van der Waals surface area contributed by atoms with Crippen LogP contribution in [0.15, 0.2) is 71.3 Å². The second kappa shape index (κ2) is 11.7. The molecule has 184 valence electrons. The fourth-order valence-electron chi connectivity index (χ4n) is 4.83. The number of carbonyl (C=O) groups is 2. The number of nitrogens with one attached hydrogen (secondary N) is 1. The molecule has 0 aliphatic heterocycles. The molecule has 1 N–H and O–H groups in total. The first-order chi connectivity index (χ1) is 17.1. The van der Waals surface area contributed by atoms with E-state index in [-0.39, 0.29) is 23.6 Å². The highest BCUT2D eigenvalue weighted by Crippen LogP contribution is 2.28. The van der Waals surface area contributed by atoms with E-state index in [0.29, 0.717) is 24.3 Å². The van der Waals surface area contributed by atoms with Gasteiger partial charge in [-0.15, -0.1) is 0 Å². The van der Waals surface area contributed by atoms with E-state index in [4.69, 9.17) is 9.15 Å². The van der Waals surface area contributed by atoms with Gasteiger partial charge in [-0.25, -0.2) is 0 Å². The number of ether oxygens (including phenoxy) is 1. The third-order valence-corrected chi connectivity index (χ3v) is 6.80. The molecule has 4 rings (SSSR count). The lowest BCUT2D eigenvalue weighted by atomic mass is 9.94. The zero-order valence-corrected chi connectivity index (χ0v) is 20.5. The summed E-state index contributed by atoms with van der Waals surface area (Å²) in [6.45, 7) is 2.42. The minimum Gasteiger partial charge on any atom is -0.497 e. The van der Waals surface area contributed by atoms with Crippen molar-refractivity contribution in [3.8, 4) is 5.75 Å². The smallest absolute Gasteiger partial charge is 0.290 e. The van der Waals surface area contributed by atoms with Crippen molar-refractivity contribution in [1.29, 1.82) is 0 Å². The lowest BCUT2D eigenvalue weighted by molar-refractivity contribution is -0.126. The van der Waals surface area contributed by atoms with Crippen molar-refractivity contribution in [2.75, 3.05) is 13.7 Å². The van der Waals surface area contributed by atoms with Crippen LogP contribution in [0.4, 0.5) is 0 Å². The summed E-state index contributed by atoms with van der Waals surface area (Å²) in [6.07, 6.45) is 7.45. The summed E-state index contributed by atoms with van der Waals surface area (Å²) < 4.78 is 10.9. The number of amides is 2. The number of carbonyl (C=O) groups excluding carboxylic acids is 2. The van der Waals surface area contributed by atoms with E-state index >= 15 is 0 Å². The maximum atomic E-state index is 13.8. The van der Waals surface area contributed by atoms with E-state index in [1.54, 1.807) is 24.1 Å². The summed E-state index contributed by atoms with van der Waals surface area (Å²) in [6, 6.07) is 18.2. The monoisotopic (exact) mass is 474 g/mol. The molecule has 1 aromatic heterocycles. The summed E-state index contributed by atoms with van der Waals surface area (Å²) in [5.74, 6) is 0.375. The van der Waals surface area contributed by atoms with Crippen LogP contribution < -0.4 is 10.1 Å². The molecule has 0 bridgehead atoms. The maximum absolute atomic E-state index is 13.8. The van der Waals surface area contributed by atoms with E-state index < -0.39 is 6.04 Å². The predicted molar refractivity (Wildman–Crippen MR) is 135 cm³/mol. The number of furan rings is 1. The first kappa shape index (κ1) is 24.6. The highest BCUT2D eigenvalue weighted by Gasteiger charge is 2.34. The molecule has 2 aromatic carbocycles. The summed E-state index contributed by atoms with van der Waals surface area (Å²) in [5.41, 5.74) is 3.01. The van der Waals surface area contributed by atoms with Crippen LogP contribution in [0.2, 0.25) is 0 Å². The van der Waals surface area contributed by atoms with Gasteiger partial charge in [-0.2, -0.15) is 0 Å². The maximum Gasteiger partial charge on any atom is 0.290 e. The summed E-state index contributed by atoms with van der Waals surface area (Å²) >= 11 is 0. The van der Waals surface area contributed by atoms with Crippen molar-refractivity contribution in [1.82, 2.24) is 10.2 Å². The average Bonchev–Trinajstić information content (AvgIpc) is 3.43. The molecule has 0 saturated heterocycles. The largest absolute Gasteiger partial charge is 0.497 e. The van der Waals surface area contributed by atoms with Crippen LogP contribution in [-0.2, 0) is 11.2 Å². The molecule has 1 aliphatic carbocycles. The Labute approximate surface area is 207 Å². The highest BCUT2D eigenvalue weighted by atomic mass is 16.5. The standard InChI is InChI=1S/C29H34N2O4/c1-21-10-6-7-11-22(21)17-18-31(29(33)26-16-9-19-35-26)27(23-12-8-15-25(20-23)34-2)28(32)30-24-13-4-3-5-14-24/h6-12,15-16,19-20,24,27H,3-5,13-14,17-18H2,1-2H3,(H,30,32)/t27-/m1/s1. The fourth-order valence-corrected chi connectivity index (χ4v) is 4.83. The van der Waals surface area contributed by atoms with Crippen LogP contribution >= 0.6 is 0 Å². The topological polar surface area (TPSA) is 71.8 Å². The van der Waals surface area contributed by atoms with Gasteiger partial charge in [-0.3, -0.25) is 9.59 Å². The van der Waals surface area contributed by atoms with E-state index in [0.717, 1.165) is 36.8 Å². The van der Waals surface area contributed by atoms with Crippen molar-refractivity contribution in [2.45, 2.75) is 57.5 Å². The van der Waals surface area contributed by atoms with Crippen LogP contribution in [-0.4, -0.2) is 36.4 Å². The number of aryl methyl sites for hydroxylation is 1. The Morgan fingerprint density at radius 3 is 2.57 bits per heavy atom. The molecule has 0 unspecified atom stereocenters. The molecule has 1 aliphatic rings. The summed E-state index contributed by atoms with van der Waals surface area (Å²) in [5, 5.41) is 3.24. The lowest BCUT2D eigenvalue weighted by Crippen LogP contribution is -2.47. The SMILES string of the molecule is COc1cccc([C@H](C(=O)NC2CCCCC2)N(CCc2ccccc2C)C(=O)c2ccco2)c1. The normalized spacial score (nSPS) is 14.8. The van der Waals surface area contributed by atoms with Crippen molar-refractivity contribution < 1.29 is 18.7 Å². The molecule has 6 nitrogen and oxygen atoms in total. The van der Waals surface area contributed by atoms with Gasteiger partial charge >= 0.3 is 0 Å². The van der Waals surface area contributed by atoms with Gasteiger partial charge in [0, 0.05) is 12.6 Å². The molecule has 1 saturated carbocycles. The Balaban J connectivity index is 1.70. The minimum atomic E-state index is -0.811. The quantitative estimate of drug-likeness (QED) is 0.446. The van der Waals surface area contributed by atoms with Crippen LogP contribution in [0.5, 0.6) is 5.75 Å². The third-order valence-electron chi connectivity index (χ3n) is 6.80. The third kappa shape index (κ3) is 6.13. The molecule has 3 aromatic rings. The van der Waals surface area contributed by atoms with Crippen molar-refractivity contribution in [3.63, 3.8) is 0 Å². The zero-order chi connectivity index (χ0) is 24.6. The fraction of sp³-hybridized carbons (Fsp3) is 0.379. The number of hydrogen-bond donors (Lipinski definition) is 1. The average molecular weight is 475 g/mol. The number of hydrogen-bond acceptors (Lipinski definition) is 4. The molecular weight excluding hydrogens is 440 g/mol. The van der Waals surface area contributed by atoms with Crippen molar-refractivity contribution in [3.05, 3.63) is 89.4 Å². The first-order valence-corrected chi connectivity index (χ1v) is 12.4. The van der Waals surface area contributed by atoms with Crippen LogP contribution in [0.25, 0.3) is 0 Å². The molecule has 35 heavy (non-hydrogen) atoms. The molecule has 0 spiro atoms. The van der Waals surface area contributed by atoms with Gasteiger partial charge in [-0.1, -0.05) is 55.7 Å². The van der Waals surface area contributed by atoms with Crippen LogP contribution in [0.3, 0.4) is 0 Å². The highest BCUT2D eigenvalue weighted by molar-refractivity contribution is 5.96. The van der Waals surface area contributed by atoms with Gasteiger partial charge in [0.05, 0.1) is 13.4 Å². The molecule has 1 atom stereocenters. The predicted octanol–water partition coefficient (Wildman–Crippen LogP) is 5.47. The Bertz CT molecular complexity index is 1120. The number of benzene rings is 2. The summed E-state index contributed by atoms with van der Waals surface area (Å²) in [4.78, 5) is 29.2. The second-order valence-electron chi connectivity index (χ2n) is 9.18. The van der Waals surface area contributed by atoms with Crippen molar-refractivity contribution in [2.24, 2.45) is 0 Å². The Kier molecular flexibility index (Phi) is 8.24. The number of nitrogens with zero attached hydrogens (tertiary/aromatic N) is 1. The van der Waals surface area contributed by atoms with E-state index in [2.05, 4.69) is 24.4 Å². The molecule has 1 heterocycles. The van der Waals surface area contributed by atoms with E-state index in [1.165, 1.54) is 12.7 Å². The molecule has 2 amide bonds. The van der Waals surface area contributed by atoms with E-state index in [1.807, 2.05) is 36.4 Å². The second-order valence-corrected chi connectivity index (χ2v) is 9.18. The minimum absolute atomic E-state index is 0.126. The van der Waals surface area contributed by atoms with Gasteiger partial charge in [0.25, 0.3) is 5.91 Å². The number of methoxy groups -OCH3 is 1. The Morgan fingerprint density at radius 1 is 1.06 bits per heavy atom. The zero-order valence-electron chi connectivity index (χ0n) is 20.5. The molecule has 6 heteroatoms. The number of rotatable bonds is 9. The van der Waals surface area contributed by atoms with Crippen LogP contribution in [0, 0.1) is 6.92 Å². The Morgan fingerprint density at radius 2 is 1.86 bits per heavy atom.